The molecule has 5 nitrogen and oxygen atoms in total. The smallest absolute Gasteiger partial charge is 0.317 e. The van der Waals surface area contributed by atoms with Crippen LogP contribution < -0.4 is 10.2 Å². The fourth-order valence-corrected chi connectivity index (χ4v) is 2.91. The van der Waals surface area contributed by atoms with E-state index in [1.54, 1.807) is 16.8 Å². The van der Waals surface area contributed by atoms with Crippen molar-refractivity contribution in [3.05, 3.63) is 65.7 Å². The minimum absolute atomic E-state index is 0.00625. The van der Waals surface area contributed by atoms with Gasteiger partial charge in [0.2, 0.25) is 5.91 Å². The van der Waals surface area contributed by atoms with E-state index in [9.17, 15) is 9.59 Å². The number of hydrogen-bond donors (Lipinski definition) is 1. The summed E-state index contributed by atoms with van der Waals surface area (Å²) in [5, 5.41) is 2.71. The van der Waals surface area contributed by atoms with Crippen molar-refractivity contribution in [1.29, 1.82) is 0 Å². The average molecular weight is 323 g/mol. The van der Waals surface area contributed by atoms with E-state index in [-0.39, 0.29) is 18.5 Å². The van der Waals surface area contributed by atoms with Gasteiger partial charge in [0.05, 0.1) is 6.54 Å². The summed E-state index contributed by atoms with van der Waals surface area (Å²) in [5.74, 6) is -0.0820. The van der Waals surface area contributed by atoms with Crippen molar-refractivity contribution in [2.75, 3.05) is 25.0 Å². The number of urea groups is 1. The molecule has 0 aromatic heterocycles. The molecule has 1 heterocycles. The Hall–Kier alpha value is -2.82. The molecule has 1 N–H and O–H groups in total. The van der Waals surface area contributed by atoms with Gasteiger partial charge in [0.1, 0.15) is 0 Å². The van der Waals surface area contributed by atoms with Gasteiger partial charge in [-0.3, -0.25) is 4.79 Å². The molecule has 0 unspecified atom stereocenters. The first-order valence-electron chi connectivity index (χ1n) is 8.06. The Labute approximate surface area is 141 Å². The number of benzene rings is 2. The maximum Gasteiger partial charge on any atom is 0.317 e. The van der Waals surface area contributed by atoms with Crippen LogP contribution >= 0.6 is 0 Å². The van der Waals surface area contributed by atoms with Crippen LogP contribution in [0.4, 0.5) is 10.5 Å². The third kappa shape index (κ3) is 3.56. The highest BCUT2D eigenvalue weighted by Gasteiger charge is 2.24. The van der Waals surface area contributed by atoms with Crippen molar-refractivity contribution < 1.29 is 9.59 Å². The molecule has 24 heavy (non-hydrogen) atoms. The fourth-order valence-electron chi connectivity index (χ4n) is 2.91. The van der Waals surface area contributed by atoms with Crippen molar-refractivity contribution in [2.45, 2.75) is 13.0 Å². The van der Waals surface area contributed by atoms with E-state index in [2.05, 4.69) is 5.32 Å². The number of nitrogens with zero attached hydrogens (tertiary/aromatic N) is 2. The second-order valence-electron chi connectivity index (χ2n) is 5.92. The number of para-hydroxylation sites is 1. The lowest BCUT2D eigenvalue weighted by Crippen LogP contribution is -2.43. The van der Waals surface area contributed by atoms with Crippen LogP contribution in [0.15, 0.2) is 54.6 Å². The van der Waals surface area contributed by atoms with Gasteiger partial charge in [0, 0.05) is 25.8 Å². The van der Waals surface area contributed by atoms with E-state index in [0.717, 1.165) is 17.7 Å². The molecule has 0 fully saturated rings. The first-order chi connectivity index (χ1) is 11.6. The molecule has 0 saturated heterocycles. The molecule has 2 aromatic rings. The molecule has 3 amide bonds. The lowest BCUT2D eigenvalue weighted by Gasteiger charge is -2.20. The maximum atomic E-state index is 12.4. The third-order valence-electron chi connectivity index (χ3n) is 4.19. The summed E-state index contributed by atoms with van der Waals surface area (Å²) in [6.07, 6.45) is 0.865. The minimum atomic E-state index is -0.250. The highest BCUT2D eigenvalue weighted by Crippen LogP contribution is 2.27. The minimum Gasteiger partial charge on any atom is -0.329 e. The number of amides is 3. The zero-order chi connectivity index (χ0) is 16.9. The van der Waals surface area contributed by atoms with E-state index in [1.165, 1.54) is 5.56 Å². The van der Waals surface area contributed by atoms with Gasteiger partial charge in [0.15, 0.2) is 0 Å². The van der Waals surface area contributed by atoms with Crippen LogP contribution in [0.3, 0.4) is 0 Å². The van der Waals surface area contributed by atoms with Crippen LogP contribution in [0, 0.1) is 0 Å². The van der Waals surface area contributed by atoms with Gasteiger partial charge < -0.3 is 15.1 Å². The Kier molecular flexibility index (Phi) is 4.79. The number of hydrogen-bond acceptors (Lipinski definition) is 2. The molecule has 1 aliphatic rings. The first-order valence-corrected chi connectivity index (χ1v) is 8.06. The Morgan fingerprint density at radius 1 is 1.08 bits per heavy atom. The van der Waals surface area contributed by atoms with E-state index >= 15 is 0 Å². The Bertz CT molecular complexity index is 730. The topological polar surface area (TPSA) is 52.7 Å². The fraction of sp³-hybridized carbons (Fsp3) is 0.263. The van der Waals surface area contributed by atoms with Crippen LogP contribution in [0.25, 0.3) is 0 Å². The largest absolute Gasteiger partial charge is 0.329 e. The molecule has 5 heteroatoms. The normalized spacial score (nSPS) is 12.6. The summed E-state index contributed by atoms with van der Waals surface area (Å²) in [6, 6.07) is 17.4. The molecule has 124 valence electrons. The molecule has 3 rings (SSSR count). The van der Waals surface area contributed by atoms with Gasteiger partial charge in [0.25, 0.3) is 0 Å². The zero-order valence-corrected chi connectivity index (χ0v) is 13.7. The summed E-state index contributed by atoms with van der Waals surface area (Å²) in [5.41, 5.74) is 3.18. The van der Waals surface area contributed by atoms with Crippen LogP contribution in [0.1, 0.15) is 11.1 Å². The van der Waals surface area contributed by atoms with Crippen molar-refractivity contribution in [1.82, 2.24) is 10.2 Å². The number of carbonyl (C=O) groups is 2. The van der Waals surface area contributed by atoms with Crippen LogP contribution in [0.5, 0.6) is 0 Å². The van der Waals surface area contributed by atoms with Crippen LogP contribution in [0.2, 0.25) is 0 Å². The molecular formula is C19H21N3O2. The molecule has 2 aromatic carbocycles. The molecular weight excluding hydrogens is 302 g/mol. The molecule has 1 aliphatic heterocycles. The SMILES string of the molecule is CN(Cc1ccccc1)C(=O)NCC(=O)N1CCc2ccccc21. The maximum absolute atomic E-state index is 12.4. The highest BCUT2D eigenvalue weighted by molar-refractivity contribution is 5.98. The molecule has 0 radical (unpaired) electrons. The van der Waals surface area contributed by atoms with Crippen molar-refractivity contribution in [3.63, 3.8) is 0 Å². The molecule has 0 bridgehead atoms. The predicted molar refractivity (Wildman–Crippen MR) is 93.8 cm³/mol. The van der Waals surface area contributed by atoms with Gasteiger partial charge >= 0.3 is 6.03 Å². The number of rotatable bonds is 4. The van der Waals surface area contributed by atoms with Crippen LogP contribution in [-0.4, -0.2) is 37.0 Å². The van der Waals surface area contributed by atoms with Gasteiger partial charge in [-0.15, -0.1) is 0 Å². The predicted octanol–water partition coefficient (Wildman–Crippen LogP) is 2.42. The van der Waals surface area contributed by atoms with E-state index in [1.807, 2.05) is 54.6 Å². The number of nitrogens with one attached hydrogen (secondary N) is 1. The number of carbonyl (C=O) groups excluding carboxylic acids is 2. The summed E-state index contributed by atoms with van der Waals surface area (Å²) in [4.78, 5) is 27.9. The Morgan fingerprint density at radius 2 is 1.79 bits per heavy atom. The second-order valence-corrected chi connectivity index (χ2v) is 5.92. The van der Waals surface area contributed by atoms with Gasteiger partial charge in [-0.05, 0) is 23.6 Å². The van der Waals surface area contributed by atoms with Crippen molar-refractivity contribution in [2.24, 2.45) is 0 Å². The summed E-state index contributed by atoms with van der Waals surface area (Å²) < 4.78 is 0. The van der Waals surface area contributed by atoms with E-state index < -0.39 is 0 Å². The van der Waals surface area contributed by atoms with E-state index in [0.29, 0.717) is 13.1 Å². The quantitative estimate of drug-likeness (QED) is 0.939. The number of fused-ring (bicyclic) bond motifs is 1. The van der Waals surface area contributed by atoms with Gasteiger partial charge in [-0.2, -0.15) is 0 Å². The van der Waals surface area contributed by atoms with Crippen molar-refractivity contribution >= 4 is 17.6 Å². The highest BCUT2D eigenvalue weighted by atomic mass is 16.2. The lowest BCUT2D eigenvalue weighted by atomic mass is 10.2. The second kappa shape index (κ2) is 7.17. The summed E-state index contributed by atoms with van der Waals surface area (Å²) in [7, 11) is 1.72. The summed E-state index contributed by atoms with van der Waals surface area (Å²) >= 11 is 0. The Morgan fingerprint density at radius 3 is 2.58 bits per heavy atom. The lowest BCUT2D eigenvalue weighted by molar-refractivity contribution is -0.117. The molecule has 0 aliphatic carbocycles. The van der Waals surface area contributed by atoms with E-state index in [4.69, 9.17) is 0 Å². The first kappa shape index (κ1) is 16.1. The molecule has 0 atom stereocenters. The standard InChI is InChI=1S/C19H21N3O2/c1-21(14-15-7-3-2-4-8-15)19(24)20-13-18(23)22-12-11-16-9-5-6-10-17(16)22/h2-10H,11-14H2,1H3,(H,20,24). The van der Waals surface area contributed by atoms with Gasteiger partial charge in [-0.25, -0.2) is 4.79 Å². The van der Waals surface area contributed by atoms with Crippen molar-refractivity contribution in [3.8, 4) is 0 Å². The average Bonchev–Trinajstić information content (AvgIpc) is 3.04. The molecule has 0 spiro atoms. The summed E-state index contributed by atoms with van der Waals surface area (Å²) in [6.45, 7) is 1.19. The Balaban J connectivity index is 1.52. The monoisotopic (exact) mass is 323 g/mol. The third-order valence-corrected chi connectivity index (χ3v) is 4.19. The van der Waals surface area contributed by atoms with Crippen LogP contribution in [-0.2, 0) is 17.8 Å². The zero-order valence-electron chi connectivity index (χ0n) is 13.7. The van der Waals surface area contributed by atoms with Gasteiger partial charge in [-0.1, -0.05) is 48.5 Å². The number of anilines is 1. The molecule has 0 saturated carbocycles.